The summed E-state index contributed by atoms with van der Waals surface area (Å²) in [6.45, 7) is 5.83. The first-order valence-electron chi connectivity index (χ1n) is 7.07. The molecule has 0 spiro atoms. The molecule has 1 saturated heterocycles. The number of nitrogens with one attached hydrogen (secondary N) is 1. The van der Waals surface area contributed by atoms with Crippen LogP contribution in [0.1, 0.15) is 38.3 Å². The lowest BCUT2D eigenvalue weighted by molar-refractivity contribution is 0.0597. The van der Waals surface area contributed by atoms with Crippen molar-refractivity contribution in [2.45, 2.75) is 38.8 Å². The van der Waals surface area contributed by atoms with Crippen molar-refractivity contribution in [1.82, 2.24) is 5.43 Å². The highest BCUT2D eigenvalue weighted by molar-refractivity contribution is 5.36. The van der Waals surface area contributed by atoms with Gasteiger partial charge >= 0.3 is 0 Å². The summed E-state index contributed by atoms with van der Waals surface area (Å²) >= 11 is 0. The molecule has 2 rings (SSSR count). The van der Waals surface area contributed by atoms with Crippen LogP contribution in [0.15, 0.2) is 24.3 Å². The second-order valence-corrected chi connectivity index (χ2v) is 5.13. The van der Waals surface area contributed by atoms with Crippen molar-refractivity contribution in [1.29, 1.82) is 0 Å². The van der Waals surface area contributed by atoms with Crippen molar-refractivity contribution >= 4 is 0 Å². The summed E-state index contributed by atoms with van der Waals surface area (Å²) in [5.74, 6) is 7.16. The molecular formula is C15H24N2O2. The molecule has 3 atom stereocenters. The number of hydrogen-bond acceptors (Lipinski definition) is 4. The van der Waals surface area contributed by atoms with E-state index < -0.39 is 0 Å². The van der Waals surface area contributed by atoms with E-state index in [0.717, 1.165) is 37.4 Å². The van der Waals surface area contributed by atoms with Gasteiger partial charge in [0, 0.05) is 12.2 Å². The molecule has 1 aromatic carbocycles. The Morgan fingerprint density at radius 1 is 1.47 bits per heavy atom. The second kappa shape index (κ2) is 6.89. The topological polar surface area (TPSA) is 56.5 Å². The lowest BCUT2D eigenvalue weighted by Gasteiger charge is -2.27. The summed E-state index contributed by atoms with van der Waals surface area (Å²) in [4.78, 5) is 0. The van der Waals surface area contributed by atoms with E-state index in [0.29, 0.717) is 5.92 Å². The molecule has 0 amide bonds. The lowest BCUT2D eigenvalue weighted by Crippen LogP contribution is -2.39. The number of rotatable bonds is 6. The number of ether oxygens (including phenoxy) is 2. The molecule has 3 N–H and O–H groups in total. The van der Waals surface area contributed by atoms with Crippen LogP contribution < -0.4 is 16.0 Å². The molecule has 106 valence electrons. The molecule has 1 heterocycles. The van der Waals surface area contributed by atoms with E-state index in [1.165, 1.54) is 0 Å². The SMILES string of the molecule is CCCOc1ccccc1C(NN)C1OCCC1C. The van der Waals surface area contributed by atoms with Crippen LogP contribution in [0.3, 0.4) is 0 Å². The van der Waals surface area contributed by atoms with Gasteiger partial charge in [-0.2, -0.15) is 0 Å². The summed E-state index contributed by atoms with van der Waals surface area (Å²) in [6, 6.07) is 8.03. The largest absolute Gasteiger partial charge is 0.493 e. The van der Waals surface area contributed by atoms with Crippen LogP contribution in [0.2, 0.25) is 0 Å². The molecule has 3 unspecified atom stereocenters. The maximum absolute atomic E-state index is 5.83. The van der Waals surface area contributed by atoms with Gasteiger partial charge in [-0.05, 0) is 24.8 Å². The van der Waals surface area contributed by atoms with Crippen molar-refractivity contribution in [3.05, 3.63) is 29.8 Å². The molecular weight excluding hydrogens is 240 g/mol. The van der Waals surface area contributed by atoms with Gasteiger partial charge in [-0.3, -0.25) is 11.3 Å². The van der Waals surface area contributed by atoms with Crippen molar-refractivity contribution < 1.29 is 9.47 Å². The van der Waals surface area contributed by atoms with Crippen LogP contribution in [0.4, 0.5) is 0 Å². The zero-order valence-corrected chi connectivity index (χ0v) is 11.8. The van der Waals surface area contributed by atoms with Crippen molar-refractivity contribution in [2.75, 3.05) is 13.2 Å². The minimum absolute atomic E-state index is 0.0226. The Balaban J connectivity index is 2.22. The van der Waals surface area contributed by atoms with E-state index in [9.17, 15) is 0 Å². The van der Waals surface area contributed by atoms with Crippen molar-refractivity contribution in [3.63, 3.8) is 0 Å². The number of hydrazine groups is 1. The monoisotopic (exact) mass is 264 g/mol. The fraction of sp³-hybridized carbons (Fsp3) is 0.600. The summed E-state index contributed by atoms with van der Waals surface area (Å²) in [5, 5.41) is 0. The van der Waals surface area contributed by atoms with Crippen LogP contribution in [0.25, 0.3) is 0 Å². The quantitative estimate of drug-likeness (QED) is 0.612. The molecule has 19 heavy (non-hydrogen) atoms. The molecule has 1 aliphatic rings. The van der Waals surface area contributed by atoms with Crippen LogP contribution in [-0.2, 0) is 4.74 Å². The van der Waals surface area contributed by atoms with Gasteiger partial charge in [-0.15, -0.1) is 0 Å². The second-order valence-electron chi connectivity index (χ2n) is 5.13. The average molecular weight is 264 g/mol. The van der Waals surface area contributed by atoms with Gasteiger partial charge in [0.05, 0.1) is 18.8 Å². The number of benzene rings is 1. The molecule has 4 nitrogen and oxygen atoms in total. The smallest absolute Gasteiger partial charge is 0.124 e. The Morgan fingerprint density at radius 2 is 2.26 bits per heavy atom. The van der Waals surface area contributed by atoms with Crippen LogP contribution in [-0.4, -0.2) is 19.3 Å². The Kier molecular flexibility index (Phi) is 5.19. The number of nitrogens with two attached hydrogens (primary N) is 1. The van der Waals surface area contributed by atoms with E-state index >= 15 is 0 Å². The molecule has 1 aromatic rings. The Labute approximate surface area is 115 Å². The molecule has 0 aliphatic carbocycles. The maximum Gasteiger partial charge on any atom is 0.124 e. The number of hydrogen-bond donors (Lipinski definition) is 2. The van der Waals surface area contributed by atoms with E-state index in [1.54, 1.807) is 0 Å². The van der Waals surface area contributed by atoms with E-state index in [-0.39, 0.29) is 12.1 Å². The zero-order valence-electron chi connectivity index (χ0n) is 11.8. The van der Waals surface area contributed by atoms with Gasteiger partial charge in [0.2, 0.25) is 0 Å². The van der Waals surface area contributed by atoms with Gasteiger partial charge in [-0.1, -0.05) is 32.0 Å². The number of para-hydroxylation sites is 1. The average Bonchev–Trinajstić information content (AvgIpc) is 2.85. The van der Waals surface area contributed by atoms with E-state index in [2.05, 4.69) is 25.3 Å². The first kappa shape index (κ1) is 14.3. The van der Waals surface area contributed by atoms with Gasteiger partial charge < -0.3 is 9.47 Å². The molecule has 0 saturated carbocycles. The van der Waals surface area contributed by atoms with Crippen molar-refractivity contribution in [2.24, 2.45) is 11.8 Å². The normalized spacial score (nSPS) is 24.4. The highest BCUT2D eigenvalue weighted by Crippen LogP contribution is 2.34. The summed E-state index contributed by atoms with van der Waals surface area (Å²) < 4.78 is 11.6. The third kappa shape index (κ3) is 3.26. The Bertz CT molecular complexity index is 397. The maximum atomic E-state index is 5.83. The minimum atomic E-state index is -0.0226. The molecule has 4 heteroatoms. The fourth-order valence-corrected chi connectivity index (χ4v) is 2.59. The lowest BCUT2D eigenvalue weighted by atomic mass is 9.92. The van der Waals surface area contributed by atoms with Crippen LogP contribution in [0.5, 0.6) is 5.75 Å². The van der Waals surface area contributed by atoms with Crippen molar-refractivity contribution in [3.8, 4) is 5.75 Å². The summed E-state index contributed by atoms with van der Waals surface area (Å²) in [5.41, 5.74) is 3.98. The molecule has 0 aromatic heterocycles. The molecule has 0 bridgehead atoms. The third-order valence-corrected chi connectivity index (χ3v) is 3.67. The van der Waals surface area contributed by atoms with Gasteiger partial charge in [0.25, 0.3) is 0 Å². The van der Waals surface area contributed by atoms with E-state index in [1.807, 2.05) is 18.2 Å². The zero-order chi connectivity index (χ0) is 13.7. The first-order chi connectivity index (χ1) is 9.27. The van der Waals surface area contributed by atoms with Gasteiger partial charge in [0.15, 0.2) is 0 Å². The molecule has 1 fully saturated rings. The van der Waals surface area contributed by atoms with Gasteiger partial charge in [0.1, 0.15) is 5.75 Å². The summed E-state index contributed by atoms with van der Waals surface area (Å²) in [7, 11) is 0. The fourth-order valence-electron chi connectivity index (χ4n) is 2.59. The van der Waals surface area contributed by atoms with Gasteiger partial charge in [-0.25, -0.2) is 0 Å². The summed E-state index contributed by atoms with van der Waals surface area (Å²) in [6.07, 6.45) is 2.18. The predicted molar refractivity (Wildman–Crippen MR) is 75.8 cm³/mol. The van der Waals surface area contributed by atoms with E-state index in [4.69, 9.17) is 15.3 Å². The highest BCUT2D eigenvalue weighted by atomic mass is 16.5. The highest BCUT2D eigenvalue weighted by Gasteiger charge is 2.33. The van der Waals surface area contributed by atoms with Crippen LogP contribution >= 0.6 is 0 Å². The Hall–Kier alpha value is -1.10. The molecule has 0 radical (unpaired) electrons. The molecule has 1 aliphatic heterocycles. The Morgan fingerprint density at radius 3 is 2.89 bits per heavy atom. The van der Waals surface area contributed by atoms with Crippen LogP contribution in [0, 0.1) is 5.92 Å². The third-order valence-electron chi connectivity index (χ3n) is 3.67. The first-order valence-corrected chi connectivity index (χ1v) is 7.07. The predicted octanol–water partition coefficient (Wildman–Crippen LogP) is 2.40. The standard InChI is InChI=1S/C15H24N2O2/c1-3-9-18-13-7-5-4-6-12(13)14(17-16)15-11(2)8-10-19-15/h4-7,11,14-15,17H,3,8-10,16H2,1-2H3. The minimum Gasteiger partial charge on any atom is -0.493 e.